The Hall–Kier alpha value is -2.82. The number of morpholine rings is 1. The van der Waals surface area contributed by atoms with Gasteiger partial charge in [-0.3, -0.25) is 4.68 Å². The van der Waals surface area contributed by atoms with Crippen molar-refractivity contribution in [3.8, 4) is 5.88 Å². The summed E-state index contributed by atoms with van der Waals surface area (Å²) in [6, 6.07) is 2.15. The van der Waals surface area contributed by atoms with Crippen LogP contribution in [0.4, 0.5) is 13.2 Å². The minimum absolute atomic E-state index is 0.0936. The van der Waals surface area contributed by atoms with Gasteiger partial charge in [0.1, 0.15) is 12.7 Å². The minimum Gasteiger partial charge on any atom is -0.476 e. The van der Waals surface area contributed by atoms with E-state index in [9.17, 15) is 13.2 Å². The lowest BCUT2D eigenvalue weighted by Gasteiger charge is -2.34. The summed E-state index contributed by atoms with van der Waals surface area (Å²) in [5.74, 6) is 0.866. The number of aryl methyl sites for hydroxylation is 1. The van der Waals surface area contributed by atoms with E-state index in [1.165, 1.54) is 6.07 Å². The number of nitrogens with one attached hydrogen (secondary N) is 1. The highest BCUT2D eigenvalue weighted by atomic mass is 19.4. The fourth-order valence-electron chi connectivity index (χ4n) is 3.01. The molecular formula is C19H25F3N6O2. The fourth-order valence-corrected chi connectivity index (χ4v) is 3.01. The number of aliphatic imine (C=N–C) groups is 1. The van der Waals surface area contributed by atoms with Crippen LogP contribution in [-0.2, 0) is 18.0 Å². The molecular weight excluding hydrogens is 401 g/mol. The Balaban J connectivity index is 1.55. The quantitative estimate of drug-likeness (QED) is 0.434. The van der Waals surface area contributed by atoms with Crippen LogP contribution >= 0.6 is 0 Å². The summed E-state index contributed by atoms with van der Waals surface area (Å²) < 4.78 is 50.8. The van der Waals surface area contributed by atoms with Gasteiger partial charge >= 0.3 is 6.18 Å². The second-order valence-electron chi connectivity index (χ2n) is 6.72. The van der Waals surface area contributed by atoms with Crippen LogP contribution in [0, 0.1) is 0 Å². The van der Waals surface area contributed by atoms with Crippen LogP contribution in [0.3, 0.4) is 0 Å². The van der Waals surface area contributed by atoms with E-state index in [-0.39, 0.29) is 18.6 Å². The third kappa shape index (κ3) is 5.85. The van der Waals surface area contributed by atoms with Crippen LogP contribution in [0.25, 0.3) is 0 Å². The van der Waals surface area contributed by atoms with E-state index in [1.54, 1.807) is 10.9 Å². The first-order valence-electron chi connectivity index (χ1n) is 9.66. The van der Waals surface area contributed by atoms with Gasteiger partial charge in [-0.25, -0.2) is 9.98 Å². The molecule has 0 aliphatic carbocycles. The molecule has 0 amide bonds. The van der Waals surface area contributed by atoms with Crippen molar-refractivity contribution in [2.45, 2.75) is 19.2 Å². The highest BCUT2D eigenvalue weighted by molar-refractivity contribution is 5.80. The number of alkyl halides is 3. The van der Waals surface area contributed by atoms with Crippen LogP contribution in [0.15, 0.2) is 35.7 Å². The zero-order chi connectivity index (χ0) is 21.6. The summed E-state index contributed by atoms with van der Waals surface area (Å²) in [5, 5.41) is 7.45. The molecule has 30 heavy (non-hydrogen) atoms. The summed E-state index contributed by atoms with van der Waals surface area (Å²) in [4.78, 5) is 10.4. The number of guanidine groups is 1. The van der Waals surface area contributed by atoms with Crippen molar-refractivity contribution in [2.75, 3.05) is 39.4 Å². The standard InChI is InChI=1S/C19H25F3N6O2/c1-3-23-18(28-7-9-29-16(13-28)14-10-26-27(2)12-14)24-6-8-30-17-5-4-15(11-25-17)19(20,21)22/h4-5,10-12,16H,3,6-9,13H2,1-2H3,(H,23,24). The van der Waals surface area contributed by atoms with E-state index in [2.05, 4.69) is 25.3 Å². The first kappa shape index (κ1) is 21.9. The summed E-state index contributed by atoms with van der Waals surface area (Å²) in [7, 11) is 1.86. The molecule has 3 heterocycles. The van der Waals surface area contributed by atoms with Gasteiger partial charge in [-0.05, 0) is 13.0 Å². The van der Waals surface area contributed by atoms with Crippen LogP contribution in [0.1, 0.15) is 24.2 Å². The maximum Gasteiger partial charge on any atom is 0.417 e. The Morgan fingerprint density at radius 3 is 2.83 bits per heavy atom. The van der Waals surface area contributed by atoms with Gasteiger partial charge in [-0.2, -0.15) is 18.3 Å². The molecule has 0 aromatic carbocycles. The summed E-state index contributed by atoms with van der Waals surface area (Å²) in [6.07, 6.45) is -0.0206. The molecule has 0 saturated carbocycles. The molecule has 1 fully saturated rings. The Morgan fingerprint density at radius 1 is 1.37 bits per heavy atom. The Morgan fingerprint density at radius 2 is 2.20 bits per heavy atom. The molecule has 11 heteroatoms. The molecule has 3 rings (SSSR count). The number of rotatable bonds is 6. The number of pyridine rings is 1. The lowest BCUT2D eigenvalue weighted by Crippen LogP contribution is -2.48. The van der Waals surface area contributed by atoms with Crippen molar-refractivity contribution in [3.05, 3.63) is 41.9 Å². The number of nitrogens with zero attached hydrogens (tertiary/aromatic N) is 5. The van der Waals surface area contributed by atoms with Gasteiger partial charge < -0.3 is 19.7 Å². The average molecular weight is 426 g/mol. The smallest absolute Gasteiger partial charge is 0.417 e. The molecule has 0 bridgehead atoms. The number of hydrogen-bond donors (Lipinski definition) is 1. The molecule has 2 aromatic rings. The highest BCUT2D eigenvalue weighted by Crippen LogP contribution is 2.29. The maximum atomic E-state index is 12.6. The number of hydrogen-bond acceptors (Lipinski definition) is 5. The van der Waals surface area contributed by atoms with Crippen LogP contribution in [0.2, 0.25) is 0 Å². The summed E-state index contributed by atoms with van der Waals surface area (Å²) >= 11 is 0. The van der Waals surface area contributed by atoms with Crippen molar-refractivity contribution in [1.82, 2.24) is 25.0 Å². The zero-order valence-corrected chi connectivity index (χ0v) is 16.9. The van der Waals surface area contributed by atoms with Crippen LogP contribution in [-0.4, -0.2) is 65.0 Å². The molecule has 1 unspecified atom stereocenters. The number of ether oxygens (including phenoxy) is 2. The van der Waals surface area contributed by atoms with E-state index in [4.69, 9.17) is 9.47 Å². The molecule has 8 nitrogen and oxygen atoms in total. The molecule has 1 atom stereocenters. The van der Waals surface area contributed by atoms with Gasteiger partial charge in [0.05, 0.1) is 31.5 Å². The van der Waals surface area contributed by atoms with Gasteiger partial charge in [0.2, 0.25) is 5.88 Å². The molecule has 164 valence electrons. The van der Waals surface area contributed by atoms with Crippen molar-refractivity contribution in [1.29, 1.82) is 0 Å². The second-order valence-corrected chi connectivity index (χ2v) is 6.72. The van der Waals surface area contributed by atoms with Gasteiger partial charge in [0, 0.05) is 44.2 Å². The fraction of sp³-hybridized carbons (Fsp3) is 0.526. The third-order valence-electron chi connectivity index (χ3n) is 4.46. The molecule has 0 spiro atoms. The Labute approximate surface area is 172 Å². The van der Waals surface area contributed by atoms with Gasteiger partial charge in [-0.1, -0.05) is 0 Å². The lowest BCUT2D eigenvalue weighted by atomic mass is 10.1. The largest absolute Gasteiger partial charge is 0.476 e. The SMILES string of the molecule is CCNC(=NCCOc1ccc(C(F)(F)F)cn1)N1CCOC(c2cnn(C)c2)C1. The van der Waals surface area contributed by atoms with E-state index >= 15 is 0 Å². The number of aromatic nitrogens is 3. The lowest BCUT2D eigenvalue weighted by molar-refractivity contribution is -0.137. The van der Waals surface area contributed by atoms with Crippen molar-refractivity contribution in [3.63, 3.8) is 0 Å². The Bertz CT molecular complexity index is 838. The normalized spacial score (nSPS) is 17.8. The first-order valence-corrected chi connectivity index (χ1v) is 9.66. The monoisotopic (exact) mass is 426 g/mol. The van der Waals surface area contributed by atoms with Crippen LogP contribution < -0.4 is 10.1 Å². The Kier molecular flexibility index (Phi) is 7.14. The zero-order valence-electron chi connectivity index (χ0n) is 16.9. The van der Waals surface area contributed by atoms with Crippen molar-refractivity contribution < 1.29 is 22.6 Å². The van der Waals surface area contributed by atoms with E-state index in [1.807, 2.05) is 20.2 Å². The van der Waals surface area contributed by atoms with Gasteiger partial charge in [0.15, 0.2) is 5.96 Å². The predicted molar refractivity (Wildman–Crippen MR) is 104 cm³/mol. The summed E-state index contributed by atoms with van der Waals surface area (Å²) in [5.41, 5.74) is 0.201. The van der Waals surface area contributed by atoms with Crippen LogP contribution in [0.5, 0.6) is 5.88 Å². The predicted octanol–water partition coefficient (Wildman–Crippen LogP) is 2.25. The van der Waals surface area contributed by atoms with Gasteiger partial charge in [-0.15, -0.1) is 0 Å². The average Bonchev–Trinajstić information content (AvgIpc) is 3.16. The first-order chi connectivity index (χ1) is 14.4. The third-order valence-corrected chi connectivity index (χ3v) is 4.46. The topological polar surface area (TPSA) is 76.8 Å². The highest BCUT2D eigenvalue weighted by Gasteiger charge is 2.30. The molecule has 2 aromatic heterocycles. The van der Waals surface area contributed by atoms with Gasteiger partial charge in [0.25, 0.3) is 0 Å². The minimum atomic E-state index is -4.41. The maximum absolute atomic E-state index is 12.6. The molecule has 1 N–H and O–H groups in total. The molecule has 1 aliphatic rings. The van der Waals surface area contributed by atoms with E-state index in [0.29, 0.717) is 32.8 Å². The molecule has 1 aliphatic heterocycles. The van der Waals surface area contributed by atoms with Crippen molar-refractivity contribution >= 4 is 5.96 Å². The van der Waals surface area contributed by atoms with Crippen molar-refractivity contribution in [2.24, 2.45) is 12.0 Å². The second kappa shape index (κ2) is 9.79. The van der Waals surface area contributed by atoms with E-state index < -0.39 is 11.7 Å². The van der Waals surface area contributed by atoms with E-state index in [0.717, 1.165) is 23.8 Å². The molecule has 0 radical (unpaired) electrons. The summed E-state index contributed by atoms with van der Waals surface area (Å²) in [6.45, 7) is 5.12. The number of halogens is 3. The molecule has 1 saturated heterocycles.